The van der Waals surface area contributed by atoms with Crippen molar-refractivity contribution in [2.45, 2.75) is 6.92 Å². The van der Waals surface area contributed by atoms with Crippen LogP contribution in [-0.4, -0.2) is 17.4 Å². The summed E-state index contributed by atoms with van der Waals surface area (Å²) >= 11 is 2.74. The van der Waals surface area contributed by atoms with E-state index in [1.807, 2.05) is 43.3 Å². The lowest BCUT2D eigenvalue weighted by Gasteiger charge is -2.06. The van der Waals surface area contributed by atoms with Crippen molar-refractivity contribution in [3.63, 3.8) is 0 Å². The fraction of sp³-hybridized carbons (Fsp3) is 0.0588. The Balaban J connectivity index is 1.97. The first-order valence-electron chi connectivity index (χ1n) is 6.58. The topological polar surface area (TPSA) is 54.4 Å². The van der Waals surface area contributed by atoms with E-state index in [0.29, 0.717) is 9.75 Å². The summed E-state index contributed by atoms with van der Waals surface area (Å²) in [5, 5.41) is 9.00. The molecule has 0 aliphatic heterocycles. The van der Waals surface area contributed by atoms with Crippen LogP contribution in [0.15, 0.2) is 42.5 Å². The summed E-state index contributed by atoms with van der Waals surface area (Å²) in [4.78, 5) is 24.8. The van der Waals surface area contributed by atoms with Crippen LogP contribution in [0, 0.1) is 6.92 Å². The third kappa shape index (κ3) is 2.73. The van der Waals surface area contributed by atoms with Gasteiger partial charge in [-0.15, -0.1) is 22.7 Å². The Morgan fingerprint density at radius 1 is 1.05 bits per heavy atom. The molecule has 0 spiro atoms. The Bertz CT molecular complexity index is 858. The Hall–Kier alpha value is -2.24. The van der Waals surface area contributed by atoms with Crippen molar-refractivity contribution in [2.75, 3.05) is 0 Å². The summed E-state index contributed by atoms with van der Waals surface area (Å²) in [6.07, 6.45) is 0.858. The highest BCUT2D eigenvalue weighted by Crippen LogP contribution is 2.34. The van der Waals surface area contributed by atoms with Crippen LogP contribution in [-0.2, 0) is 0 Å². The predicted molar refractivity (Wildman–Crippen MR) is 90.2 cm³/mol. The summed E-state index contributed by atoms with van der Waals surface area (Å²) in [5.74, 6) is -0.899. The number of carboxylic acid groups (broad SMARTS) is 1. The standard InChI is InChI=1S/C17H12O3S2/c1-10-8-11(14-6-7-16(22-14)17(19)20)2-4-13(10)15-5-3-12(9-18)21-15/h2-9H,1H3,(H,19,20). The van der Waals surface area contributed by atoms with Crippen LogP contribution in [0.4, 0.5) is 0 Å². The molecule has 0 fully saturated rings. The molecule has 0 saturated heterocycles. The number of hydrogen-bond donors (Lipinski definition) is 1. The smallest absolute Gasteiger partial charge is 0.345 e. The first-order valence-corrected chi connectivity index (χ1v) is 8.21. The Kier molecular flexibility index (Phi) is 3.92. The largest absolute Gasteiger partial charge is 0.477 e. The van der Waals surface area contributed by atoms with E-state index in [1.165, 1.54) is 22.7 Å². The summed E-state index contributed by atoms with van der Waals surface area (Å²) in [5.41, 5.74) is 3.20. The lowest BCUT2D eigenvalue weighted by Crippen LogP contribution is -1.89. The maximum atomic E-state index is 11.0. The van der Waals surface area contributed by atoms with Gasteiger partial charge in [-0.05, 0) is 53.9 Å². The van der Waals surface area contributed by atoms with Crippen LogP contribution in [0.3, 0.4) is 0 Å². The zero-order valence-electron chi connectivity index (χ0n) is 11.7. The molecule has 0 saturated carbocycles. The number of aromatic carboxylic acids is 1. The van der Waals surface area contributed by atoms with E-state index in [9.17, 15) is 9.59 Å². The van der Waals surface area contributed by atoms with Crippen molar-refractivity contribution < 1.29 is 14.7 Å². The van der Waals surface area contributed by atoms with Crippen LogP contribution < -0.4 is 0 Å². The summed E-state index contributed by atoms with van der Waals surface area (Å²) in [6, 6.07) is 13.3. The van der Waals surface area contributed by atoms with Gasteiger partial charge < -0.3 is 5.11 Å². The molecule has 0 atom stereocenters. The highest BCUT2D eigenvalue weighted by atomic mass is 32.1. The Labute approximate surface area is 135 Å². The first kappa shape index (κ1) is 14.7. The molecule has 1 aromatic carbocycles. The molecule has 5 heteroatoms. The molecule has 0 amide bonds. The number of benzene rings is 1. The van der Waals surface area contributed by atoms with Crippen LogP contribution in [0.1, 0.15) is 24.9 Å². The van der Waals surface area contributed by atoms with E-state index >= 15 is 0 Å². The van der Waals surface area contributed by atoms with E-state index in [0.717, 1.165) is 32.7 Å². The molecule has 0 aliphatic carbocycles. The third-order valence-corrected chi connectivity index (χ3v) is 5.50. The highest BCUT2D eigenvalue weighted by Gasteiger charge is 2.11. The maximum Gasteiger partial charge on any atom is 0.345 e. The molecule has 2 heterocycles. The van der Waals surface area contributed by atoms with Gasteiger partial charge in [-0.1, -0.05) is 12.1 Å². The van der Waals surface area contributed by atoms with Crippen LogP contribution in [0.2, 0.25) is 0 Å². The predicted octanol–water partition coefficient (Wildman–Crippen LogP) is 4.96. The van der Waals surface area contributed by atoms with Crippen molar-refractivity contribution in [1.82, 2.24) is 0 Å². The number of aryl methyl sites for hydroxylation is 1. The van der Waals surface area contributed by atoms with Gasteiger partial charge in [0.1, 0.15) is 4.88 Å². The second-order valence-corrected chi connectivity index (χ2v) is 7.02. The number of thiophene rings is 2. The number of carbonyl (C=O) groups is 2. The van der Waals surface area contributed by atoms with Crippen molar-refractivity contribution in [3.05, 3.63) is 57.8 Å². The first-order chi connectivity index (χ1) is 10.6. The lowest BCUT2D eigenvalue weighted by atomic mass is 10.0. The molecule has 0 unspecified atom stereocenters. The molecule has 110 valence electrons. The summed E-state index contributed by atoms with van der Waals surface area (Å²) in [6.45, 7) is 2.02. The molecule has 0 radical (unpaired) electrons. The normalized spacial score (nSPS) is 10.6. The molecular weight excluding hydrogens is 316 g/mol. The van der Waals surface area contributed by atoms with Gasteiger partial charge in [0.05, 0.1) is 4.88 Å². The van der Waals surface area contributed by atoms with Crippen molar-refractivity contribution >= 4 is 34.9 Å². The van der Waals surface area contributed by atoms with Gasteiger partial charge in [0.2, 0.25) is 0 Å². The SMILES string of the molecule is Cc1cc(-c2ccc(C(=O)O)s2)ccc1-c1ccc(C=O)s1. The second kappa shape index (κ2) is 5.87. The lowest BCUT2D eigenvalue weighted by molar-refractivity contribution is 0.0702. The number of carboxylic acids is 1. The van der Waals surface area contributed by atoms with Crippen molar-refractivity contribution in [1.29, 1.82) is 0 Å². The number of rotatable bonds is 4. The number of hydrogen-bond acceptors (Lipinski definition) is 4. The minimum absolute atomic E-state index is 0.339. The van der Waals surface area contributed by atoms with Gasteiger partial charge >= 0.3 is 5.97 Å². The van der Waals surface area contributed by atoms with Crippen LogP contribution in [0.25, 0.3) is 20.9 Å². The van der Waals surface area contributed by atoms with Gasteiger partial charge in [-0.2, -0.15) is 0 Å². The zero-order chi connectivity index (χ0) is 15.7. The van der Waals surface area contributed by atoms with E-state index < -0.39 is 5.97 Å². The van der Waals surface area contributed by atoms with Gasteiger partial charge in [0, 0.05) is 9.75 Å². The quantitative estimate of drug-likeness (QED) is 0.688. The number of aldehydes is 1. The third-order valence-electron chi connectivity index (χ3n) is 3.34. The molecule has 3 nitrogen and oxygen atoms in total. The van der Waals surface area contributed by atoms with Gasteiger partial charge in [-0.3, -0.25) is 4.79 Å². The molecular formula is C17H12O3S2. The molecule has 3 aromatic rings. The van der Waals surface area contributed by atoms with Crippen molar-refractivity contribution in [2.24, 2.45) is 0 Å². The highest BCUT2D eigenvalue weighted by molar-refractivity contribution is 7.17. The average molecular weight is 328 g/mol. The minimum atomic E-state index is -0.899. The fourth-order valence-corrected chi connectivity index (χ4v) is 4.02. The second-order valence-electron chi connectivity index (χ2n) is 4.82. The van der Waals surface area contributed by atoms with Crippen molar-refractivity contribution in [3.8, 4) is 20.9 Å². The van der Waals surface area contributed by atoms with Crippen LogP contribution in [0.5, 0.6) is 0 Å². The maximum absolute atomic E-state index is 11.0. The Morgan fingerprint density at radius 2 is 1.82 bits per heavy atom. The molecule has 3 rings (SSSR count). The molecule has 22 heavy (non-hydrogen) atoms. The van der Waals surface area contributed by atoms with Crippen LogP contribution >= 0.6 is 22.7 Å². The monoisotopic (exact) mass is 328 g/mol. The summed E-state index contributed by atoms with van der Waals surface area (Å²) in [7, 11) is 0. The average Bonchev–Trinajstić information content (AvgIpc) is 3.16. The molecule has 0 bridgehead atoms. The fourth-order valence-electron chi connectivity index (χ4n) is 2.26. The molecule has 1 N–H and O–H groups in total. The van der Waals surface area contributed by atoms with Gasteiger partial charge in [0.15, 0.2) is 6.29 Å². The molecule has 0 aliphatic rings. The van der Waals surface area contributed by atoms with E-state index in [2.05, 4.69) is 0 Å². The molecule has 2 aromatic heterocycles. The Morgan fingerprint density at radius 3 is 2.41 bits per heavy atom. The van der Waals surface area contributed by atoms with E-state index in [-0.39, 0.29) is 0 Å². The van der Waals surface area contributed by atoms with E-state index in [4.69, 9.17) is 5.11 Å². The van der Waals surface area contributed by atoms with Gasteiger partial charge in [0.25, 0.3) is 0 Å². The zero-order valence-corrected chi connectivity index (χ0v) is 13.3. The number of carbonyl (C=O) groups excluding carboxylic acids is 1. The summed E-state index contributed by atoms with van der Waals surface area (Å²) < 4.78 is 0. The minimum Gasteiger partial charge on any atom is -0.477 e. The van der Waals surface area contributed by atoms with E-state index in [1.54, 1.807) is 6.07 Å². The van der Waals surface area contributed by atoms with Gasteiger partial charge in [-0.25, -0.2) is 4.79 Å².